The maximum Gasteiger partial charge on any atom is 0.410 e. The maximum absolute atomic E-state index is 5.31. The zero-order valence-electron chi connectivity index (χ0n) is 8.67. The monoisotopic (exact) mass is 191 g/mol. The first-order valence-electron chi connectivity index (χ1n) is 4.59. The smallest absolute Gasteiger partial charge is 0.388 e. The normalized spacial score (nSPS) is 11.5. The maximum atomic E-state index is 5.31. The van der Waals surface area contributed by atoms with Gasteiger partial charge in [0.1, 0.15) is 0 Å². The molecule has 0 aliphatic heterocycles. The molecular formula is C8H21NO2Si. The SMILES string of the molecule is CCCN(CCC)[SiH](OC)OC. The van der Waals surface area contributed by atoms with E-state index in [1.807, 2.05) is 0 Å². The fourth-order valence-corrected chi connectivity index (χ4v) is 3.02. The molecule has 0 aliphatic carbocycles. The van der Waals surface area contributed by atoms with Gasteiger partial charge in [-0.1, -0.05) is 13.8 Å². The third kappa shape index (κ3) is 4.20. The summed E-state index contributed by atoms with van der Waals surface area (Å²) in [5.74, 6) is 0. The summed E-state index contributed by atoms with van der Waals surface area (Å²) in [7, 11) is 1.96. The van der Waals surface area contributed by atoms with E-state index in [4.69, 9.17) is 8.85 Å². The van der Waals surface area contributed by atoms with Crippen LogP contribution in [0.3, 0.4) is 0 Å². The van der Waals surface area contributed by atoms with Gasteiger partial charge in [-0.2, -0.15) is 0 Å². The van der Waals surface area contributed by atoms with Gasteiger partial charge in [-0.3, -0.25) is 4.57 Å². The van der Waals surface area contributed by atoms with Crippen LogP contribution in [-0.2, 0) is 8.85 Å². The summed E-state index contributed by atoms with van der Waals surface area (Å²) in [4.78, 5) is 0. The zero-order chi connectivity index (χ0) is 9.40. The minimum absolute atomic E-state index is 1.09. The second kappa shape index (κ2) is 7.73. The lowest BCUT2D eigenvalue weighted by atomic mass is 10.4. The lowest BCUT2D eigenvalue weighted by Crippen LogP contribution is -2.43. The predicted molar refractivity (Wildman–Crippen MR) is 53.3 cm³/mol. The van der Waals surface area contributed by atoms with E-state index in [-0.39, 0.29) is 0 Å². The van der Waals surface area contributed by atoms with E-state index in [0.29, 0.717) is 0 Å². The van der Waals surface area contributed by atoms with Crippen molar-refractivity contribution in [2.24, 2.45) is 0 Å². The fraction of sp³-hybridized carbons (Fsp3) is 1.00. The van der Waals surface area contributed by atoms with Gasteiger partial charge in [0.25, 0.3) is 0 Å². The average molecular weight is 191 g/mol. The summed E-state index contributed by atoms with van der Waals surface area (Å²) in [6, 6.07) is 0. The van der Waals surface area contributed by atoms with Crippen LogP contribution in [0.1, 0.15) is 26.7 Å². The van der Waals surface area contributed by atoms with Crippen LogP contribution in [0.5, 0.6) is 0 Å². The van der Waals surface area contributed by atoms with Gasteiger partial charge in [0.2, 0.25) is 0 Å². The van der Waals surface area contributed by atoms with Gasteiger partial charge in [-0.15, -0.1) is 0 Å². The molecule has 0 rings (SSSR count). The molecule has 0 saturated carbocycles. The van der Waals surface area contributed by atoms with E-state index in [1.54, 1.807) is 14.2 Å². The predicted octanol–water partition coefficient (Wildman–Crippen LogP) is 1.12. The van der Waals surface area contributed by atoms with Crippen molar-refractivity contribution in [3.8, 4) is 0 Å². The molecule has 0 unspecified atom stereocenters. The van der Waals surface area contributed by atoms with Crippen LogP contribution in [0, 0.1) is 0 Å². The van der Waals surface area contributed by atoms with Crippen molar-refractivity contribution in [2.45, 2.75) is 26.7 Å². The Bertz CT molecular complexity index is 93.1. The Labute approximate surface area is 77.6 Å². The molecule has 0 spiro atoms. The van der Waals surface area contributed by atoms with Crippen molar-refractivity contribution in [3.63, 3.8) is 0 Å². The van der Waals surface area contributed by atoms with Gasteiger partial charge >= 0.3 is 9.45 Å². The standard InChI is InChI=1S/C8H21NO2Si/c1-5-7-9(8-6-2)12(10-3)11-4/h12H,5-8H2,1-4H3. The largest absolute Gasteiger partial charge is 0.410 e. The molecule has 0 bridgehead atoms. The zero-order valence-corrected chi connectivity index (χ0v) is 9.82. The van der Waals surface area contributed by atoms with E-state index in [1.165, 1.54) is 0 Å². The average Bonchev–Trinajstić information content (AvgIpc) is 2.07. The number of rotatable bonds is 7. The van der Waals surface area contributed by atoms with Gasteiger partial charge in [0, 0.05) is 14.2 Å². The molecule has 0 N–H and O–H groups in total. The van der Waals surface area contributed by atoms with Crippen LogP contribution in [0.4, 0.5) is 0 Å². The van der Waals surface area contributed by atoms with Gasteiger partial charge in [-0.05, 0) is 25.9 Å². The molecule has 0 aromatic carbocycles. The number of hydrogen-bond donors (Lipinski definition) is 0. The van der Waals surface area contributed by atoms with Crippen molar-refractivity contribution in [1.29, 1.82) is 0 Å². The van der Waals surface area contributed by atoms with Crippen LogP contribution in [-0.4, -0.2) is 41.3 Å². The Kier molecular flexibility index (Phi) is 7.79. The second-order valence-corrected chi connectivity index (χ2v) is 5.10. The van der Waals surface area contributed by atoms with Gasteiger partial charge in [0.05, 0.1) is 0 Å². The first-order valence-corrected chi connectivity index (χ1v) is 6.05. The molecule has 0 heterocycles. The molecule has 0 aromatic rings. The van der Waals surface area contributed by atoms with Crippen molar-refractivity contribution < 1.29 is 8.85 Å². The fourth-order valence-electron chi connectivity index (χ4n) is 1.29. The molecule has 0 aliphatic rings. The molecule has 3 nitrogen and oxygen atoms in total. The van der Waals surface area contributed by atoms with Gasteiger partial charge < -0.3 is 8.85 Å². The summed E-state index contributed by atoms with van der Waals surface area (Å²) < 4.78 is 13.0. The minimum atomic E-state index is -1.51. The lowest BCUT2D eigenvalue weighted by molar-refractivity contribution is 0.198. The quantitative estimate of drug-likeness (QED) is 0.563. The Hall–Kier alpha value is 0.0969. The van der Waals surface area contributed by atoms with Crippen molar-refractivity contribution in [2.75, 3.05) is 27.3 Å². The van der Waals surface area contributed by atoms with E-state index >= 15 is 0 Å². The second-order valence-electron chi connectivity index (χ2n) is 2.81. The van der Waals surface area contributed by atoms with Crippen LogP contribution < -0.4 is 0 Å². The van der Waals surface area contributed by atoms with E-state index in [0.717, 1.165) is 25.9 Å². The minimum Gasteiger partial charge on any atom is -0.388 e. The summed E-state index contributed by atoms with van der Waals surface area (Å²) in [5, 5.41) is 0. The number of nitrogens with zero attached hydrogens (tertiary/aromatic N) is 1. The number of hydrogen-bond acceptors (Lipinski definition) is 3. The van der Waals surface area contributed by atoms with Gasteiger partial charge in [0.15, 0.2) is 0 Å². The highest BCUT2D eigenvalue weighted by Crippen LogP contribution is 1.99. The molecule has 0 aromatic heterocycles. The molecule has 0 radical (unpaired) electrons. The first kappa shape index (κ1) is 12.1. The highest BCUT2D eigenvalue weighted by molar-refractivity contribution is 6.40. The van der Waals surface area contributed by atoms with Crippen LogP contribution in [0.15, 0.2) is 0 Å². The molecule has 4 heteroatoms. The highest BCUT2D eigenvalue weighted by Gasteiger charge is 2.18. The van der Waals surface area contributed by atoms with Crippen LogP contribution in [0.25, 0.3) is 0 Å². The van der Waals surface area contributed by atoms with E-state index in [2.05, 4.69) is 18.4 Å². The van der Waals surface area contributed by atoms with Crippen molar-refractivity contribution in [3.05, 3.63) is 0 Å². The van der Waals surface area contributed by atoms with Crippen molar-refractivity contribution >= 4 is 9.45 Å². The van der Waals surface area contributed by atoms with E-state index in [9.17, 15) is 0 Å². The first-order chi connectivity index (χ1) is 5.79. The van der Waals surface area contributed by atoms with Crippen LogP contribution in [0.2, 0.25) is 0 Å². The van der Waals surface area contributed by atoms with E-state index < -0.39 is 9.45 Å². The Balaban J connectivity index is 3.86. The van der Waals surface area contributed by atoms with Crippen molar-refractivity contribution in [1.82, 2.24) is 4.57 Å². The summed E-state index contributed by atoms with van der Waals surface area (Å²) >= 11 is 0. The molecule has 0 saturated heterocycles. The molecule has 0 fully saturated rings. The molecule has 0 amide bonds. The Morgan fingerprint density at radius 2 is 1.42 bits per heavy atom. The summed E-state index contributed by atoms with van der Waals surface area (Å²) in [6.07, 6.45) is 2.33. The lowest BCUT2D eigenvalue weighted by Gasteiger charge is -2.26. The Morgan fingerprint density at radius 3 is 1.67 bits per heavy atom. The Morgan fingerprint density at radius 1 is 1.00 bits per heavy atom. The third-order valence-electron chi connectivity index (χ3n) is 1.72. The molecular weight excluding hydrogens is 170 g/mol. The van der Waals surface area contributed by atoms with Crippen LogP contribution >= 0.6 is 0 Å². The highest BCUT2D eigenvalue weighted by atomic mass is 28.3. The molecule has 74 valence electrons. The topological polar surface area (TPSA) is 21.7 Å². The summed E-state index contributed by atoms with van der Waals surface area (Å²) in [5.41, 5.74) is 0. The molecule has 12 heavy (non-hydrogen) atoms. The van der Waals surface area contributed by atoms with Gasteiger partial charge in [-0.25, -0.2) is 0 Å². The molecule has 0 atom stereocenters. The third-order valence-corrected chi connectivity index (χ3v) is 3.64. The summed E-state index contributed by atoms with van der Waals surface area (Å²) in [6.45, 7) is 6.54.